The molecule has 5 heteroatoms. The highest BCUT2D eigenvalue weighted by Crippen LogP contribution is 2.27. The zero-order chi connectivity index (χ0) is 14.0. The van der Waals surface area contributed by atoms with E-state index >= 15 is 0 Å². The van der Waals surface area contributed by atoms with E-state index in [1.54, 1.807) is 19.2 Å². The highest BCUT2D eigenvalue weighted by Gasteiger charge is 2.16. The first-order valence-corrected chi connectivity index (χ1v) is 6.22. The van der Waals surface area contributed by atoms with Gasteiger partial charge in [-0.2, -0.15) is 0 Å². The van der Waals surface area contributed by atoms with E-state index < -0.39 is 0 Å². The van der Waals surface area contributed by atoms with Crippen molar-refractivity contribution in [1.82, 2.24) is 9.55 Å². The molecule has 0 saturated carbocycles. The van der Waals surface area contributed by atoms with Crippen LogP contribution in [0.5, 0.6) is 0 Å². The van der Waals surface area contributed by atoms with E-state index in [2.05, 4.69) is 4.98 Å². The molecular formula is C14H19FN4. The SMILES string of the molecule is C[C@H](N)c1c(F)cccc1N(C)Cc1nccn1C. The minimum absolute atomic E-state index is 0.265. The van der Waals surface area contributed by atoms with Crippen molar-refractivity contribution >= 4 is 5.69 Å². The minimum atomic E-state index is -0.347. The van der Waals surface area contributed by atoms with Gasteiger partial charge in [-0.05, 0) is 19.1 Å². The van der Waals surface area contributed by atoms with Crippen LogP contribution in [0.1, 0.15) is 24.4 Å². The Morgan fingerprint density at radius 3 is 2.79 bits per heavy atom. The number of aryl methyl sites for hydroxylation is 1. The van der Waals surface area contributed by atoms with E-state index in [-0.39, 0.29) is 11.9 Å². The topological polar surface area (TPSA) is 47.1 Å². The summed E-state index contributed by atoms with van der Waals surface area (Å²) in [5.74, 6) is 0.654. The Morgan fingerprint density at radius 2 is 2.21 bits per heavy atom. The van der Waals surface area contributed by atoms with Crippen LogP contribution in [0.4, 0.5) is 10.1 Å². The molecule has 1 heterocycles. The highest BCUT2D eigenvalue weighted by molar-refractivity contribution is 5.55. The summed E-state index contributed by atoms with van der Waals surface area (Å²) in [5.41, 5.74) is 7.21. The lowest BCUT2D eigenvalue weighted by molar-refractivity contribution is 0.592. The van der Waals surface area contributed by atoms with Crippen LogP contribution >= 0.6 is 0 Å². The average molecular weight is 262 g/mol. The van der Waals surface area contributed by atoms with Crippen LogP contribution in [0.25, 0.3) is 0 Å². The van der Waals surface area contributed by atoms with Crippen LogP contribution in [-0.4, -0.2) is 16.6 Å². The second-order valence-electron chi connectivity index (χ2n) is 4.77. The molecule has 0 aliphatic rings. The molecule has 1 aromatic heterocycles. The lowest BCUT2D eigenvalue weighted by Gasteiger charge is -2.24. The smallest absolute Gasteiger partial charge is 0.130 e. The Labute approximate surface area is 112 Å². The molecule has 1 aromatic carbocycles. The van der Waals surface area contributed by atoms with Gasteiger partial charge in [-0.25, -0.2) is 9.37 Å². The molecule has 1 atom stereocenters. The van der Waals surface area contributed by atoms with Gasteiger partial charge in [0.15, 0.2) is 0 Å². The summed E-state index contributed by atoms with van der Waals surface area (Å²) in [4.78, 5) is 6.24. The second-order valence-corrected chi connectivity index (χ2v) is 4.77. The first-order valence-electron chi connectivity index (χ1n) is 6.22. The molecule has 0 radical (unpaired) electrons. The summed E-state index contributed by atoms with van der Waals surface area (Å²) in [5, 5.41) is 0. The third-order valence-electron chi connectivity index (χ3n) is 3.20. The molecule has 4 nitrogen and oxygen atoms in total. The summed E-state index contributed by atoms with van der Waals surface area (Å²) in [6.07, 6.45) is 3.64. The fourth-order valence-corrected chi connectivity index (χ4v) is 2.16. The summed E-state index contributed by atoms with van der Waals surface area (Å²) in [7, 11) is 3.85. The van der Waals surface area contributed by atoms with E-state index in [4.69, 9.17) is 5.73 Å². The van der Waals surface area contributed by atoms with Crippen molar-refractivity contribution in [3.63, 3.8) is 0 Å². The molecule has 19 heavy (non-hydrogen) atoms. The van der Waals surface area contributed by atoms with Gasteiger partial charge in [-0.1, -0.05) is 6.07 Å². The van der Waals surface area contributed by atoms with Crippen molar-refractivity contribution in [3.05, 3.63) is 47.8 Å². The number of hydrogen-bond donors (Lipinski definition) is 1. The van der Waals surface area contributed by atoms with E-state index in [9.17, 15) is 4.39 Å². The molecule has 0 fully saturated rings. The van der Waals surface area contributed by atoms with E-state index in [0.717, 1.165) is 11.5 Å². The molecule has 102 valence electrons. The lowest BCUT2D eigenvalue weighted by Crippen LogP contribution is -2.22. The van der Waals surface area contributed by atoms with Gasteiger partial charge in [0.2, 0.25) is 0 Å². The van der Waals surface area contributed by atoms with Crippen molar-refractivity contribution in [2.75, 3.05) is 11.9 Å². The van der Waals surface area contributed by atoms with Gasteiger partial charge in [0.1, 0.15) is 11.6 Å². The maximum atomic E-state index is 13.9. The summed E-state index contributed by atoms with van der Waals surface area (Å²) < 4.78 is 15.8. The quantitative estimate of drug-likeness (QED) is 0.919. The second kappa shape index (κ2) is 5.40. The van der Waals surface area contributed by atoms with Crippen molar-refractivity contribution in [2.24, 2.45) is 12.8 Å². The van der Waals surface area contributed by atoms with Crippen molar-refractivity contribution in [2.45, 2.75) is 19.5 Å². The van der Waals surface area contributed by atoms with Crippen LogP contribution < -0.4 is 10.6 Å². The third kappa shape index (κ3) is 2.76. The van der Waals surface area contributed by atoms with Gasteiger partial charge >= 0.3 is 0 Å². The Bertz CT molecular complexity index is 562. The molecule has 2 aromatic rings. The number of anilines is 1. The van der Waals surface area contributed by atoms with E-state index in [1.165, 1.54) is 6.07 Å². The molecule has 0 saturated heterocycles. The van der Waals surface area contributed by atoms with Gasteiger partial charge in [0.25, 0.3) is 0 Å². The van der Waals surface area contributed by atoms with Gasteiger partial charge in [0.05, 0.1) is 6.54 Å². The molecule has 0 amide bonds. The predicted molar refractivity (Wildman–Crippen MR) is 74.3 cm³/mol. The Hall–Kier alpha value is -1.88. The Morgan fingerprint density at radius 1 is 1.47 bits per heavy atom. The fourth-order valence-electron chi connectivity index (χ4n) is 2.16. The number of benzene rings is 1. The van der Waals surface area contributed by atoms with Gasteiger partial charge in [-0.15, -0.1) is 0 Å². The molecule has 0 bridgehead atoms. The zero-order valence-corrected chi connectivity index (χ0v) is 11.5. The zero-order valence-electron chi connectivity index (χ0n) is 11.5. The van der Waals surface area contributed by atoms with Gasteiger partial charge in [-0.3, -0.25) is 0 Å². The number of rotatable bonds is 4. The number of imidazole rings is 1. The molecule has 2 N–H and O–H groups in total. The maximum Gasteiger partial charge on any atom is 0.130 e. The summed E-state index contributed by atoms with van der Waals surface area (Å²) >= 11 is 0. The van der Waals surface area contributed by atoms with Crippen LogP contribution in [0.2, 0.25) is 0 Å². The molecule has 2 rings (SSSR count). The van der Waals surface area contributed by atoms with Gasteiger partial charge < -0.3 is 15.2 Å². The first kappa shape index (κ1) is 13.5. The number of hydrogen-bond acceptors (Lipinski definition) is 3. The minimum Gasteiger partial charge on any atom is -0.367 e. The highest BCUT2D eigenvalue weighted by atomic mass is 19.1. The molecule has 0 aliphatic carbocycles. The monoisotopic (exact) mass is 262 g/mol. The molecular weight excluding hydrogens is 243 g/mol. The van der Waals surface area contributed by atoms with E-state index in [0.29, 0.717) is 12.1 Å². The summed E-state index contributed by atoms with van der Waals surface area (Å²) in [6, 6.07) is 4.67. The standard InChI is InChI=1S/C14H19FN4/c1-10(16)14-11(15)5-4-6-12(14)19(3)9-13-17-7-8-18(13)2/h4-8,10H,9,16H2,1-3H3/t10-/m0/s1. The Kier molecular flexibility index (Phi) is 3.85. The number of nitrogens with zero attached hydrogens (tertiary/aromatic N) is 3. The number of nitrogens with two attached hydrogens (primary N) is 1. The van der Waals surface area contributed by atoms with Crippen molar-refractivity contribution in [3.8, 4) is 0 Å². The normalized spacial score (nSPS) is 12.5. The van der Waals surface area contributed by atoms with Crippen LogP contribution in [0.3, 0.4) is 0 Å². The number of aromatic nitrogens is 2. The lowest BCUT2D eigenvalue weighted by atomic mass is 10.1. The molecule has 0 spiro atoms. The largest absolute Gasteiger partial charge is 0.367 e. The van der Waals surface area contributed by atoms with Crippen LogP contribution in [0.15, 0.2) is 30.6 Å². The van der Waals surface area contributed by atoms with Crippen molar-refractivity contribution < 1.29 is 4.39 Å². The van der Waals surface area contributed by atoms with Crippen LogP contribution in [-0.2, 0) is 13.6 Å². The summed E-state index contributed by atoms with van der Waals surface area (Å²) in [6.45, 7) is 2.39. The third-order valence-corrected chi connectivity index (χ3v) is 3.20. The number of halogens is 1. The molecule has 0 aliphatic heterocycles. The first-order chi connectivity index (χ1) is 9.00. The van der Waals surface area contributed by atoms with Gasteiger partial charge in [0, 0.05) is 43.8 Å². The van der Waals surface area contributed by atoms with Crippen LogP contribution in [0, 0.1) is 5.82 Å². The fraction of sp³-hybridized carbons (Fsp3) is 0.357. The average Bonchev–Trinajstić information content (AvgIpc) is 2.74. The Balaban J connectivity index is 2.31. The predicted octanol–water partition coefficient (Wildman–Crippen LogP) is 2.22. The molecule has 0 unspecified atom stereocenters. The van der Waals surface area contributed by atoms with E-state index in [1.807, 2.05) is 35.8 Å². The maximum absolute atomic E-state index is 13.9. The van der Waals surface area contributed by atoms with Crippen molar-refractivity contribution in [1.29, 1.82) is 0 Å².